The number of methoxy groups -OCH3 is 2. The van der Waals surface area contributed by atoms with Gasteiger partial charge in [0.1, 0.15) is 17.1 Å². The molecule has 0 bridgehead atoms. The molecule has 3 aromatic rings. The molecule has 4 heterocycles. The number of halogens is 2. The molecule has 1 N–H and O–H groups in total. The molecule has 2 aliphatic heterocycles. The van der Waals surface area contributed by atoms with E-state index < -0.39 is 0 Å². The minimum Gasteiger partial charge on any atom is -0.495 e. The normalized spacial score (nSPS) is 17.9. The summed E-state index contributed by atoms with van der Waals surface area (Å²) in [5, 5.41) is 4.25. The fraction of sp³-hybridized carbons (Fsp3) is 0.441. The van der Waals surface area contributed by atoms with Gasteiger partial charge < -0.3 is 24.4 Å². The number of rotatable bonds is 12. The smallest absolute Gasteiger partial charge is 0.298 e. The lowest BCUT2D eigenvalue weighted by atomic mass is 9.97. The molecule has 0 aliphatic carbocycles. The second-order valence-corrected chi connectivity index (χ2v) is 12.3. The summed E-state index contributed by atoms with van der Waals surface area (Å²) in [5.74, 6) is 5.89. The van der Waals surface area contributed by atoms with Crippen molar-refractivity contribution in [1.29, 1.82) is 0 Å². The first-order valence-electron chi connectivity index (χ1n) is 15.6. The maximum absolute atomic E-state index is 14.4. The van der Waals surface area contributed by atoms with Crippen LogP contribution >= 0.6 is 23.2 Å². The number of anilines is 1. The van der Waals surface area contributed by atoms with Gasteiger partial charge in [-0.3, -0.25) is 23.9 Å². The van der Waals surface area contributed by atoms with Gasteiger partial charge in [-0.15, -0.1) is 0 Å². The van der Waals surface area contributed by atoms with Crippen LogP contribution < -0.4 is 20.3 Å². The van der Waals surface area contributed by atoms with Gasteiger partial charge >= 0.3 is 0 Å². The second kappa shape index (κ2) is 15.8. The highest BCUT2D eigenvalue weighted by Gasteiger charge is 2.30. The quantitative estimate of drug-likeness (QED) is 0.220. The Morgan fingerprint density at radius 3 is 2.46 bits per heavy atom. The van der Waals surface area contributed by atoms with Crippen LogP contribution in [0.5, 0.6) is 11.5 Å². The number of pyridine rings is 1. The Labute approximate surface area is 289 Å². The first-order chi connectivity index (χ1) is 23.2. The molecule has 1 amide bonds. The predicted molar refractivity (Wildman–Crippen MR) is 185 cm³/mol. The van der Waals surface area contributed by atoms with Gasteiger partial charge in [0.25, 0.3) is 11.5 Å². The van der Waals surface area contributed by atoms with E-state index in [1.54, 1.807) is 34.7 Å². The Bertz CT molecular complexity index is 1800. The maximum Gasteiger partial charge on any atom is 0.298 e. The zero-order chi connectivity index (χ0) is 34.4. The molecule has 5 rings (SSSR count). The van der Waals surface area contributed by atoms with Crippen molar-refractivity contribution < 1.29 is 23.8 Å². The van der Waals surface area contributed by atoms with E-state index in [0.29, 0.717) is 93.8 Å². The number of carbonyl (C=O) groups is 2. The third kappa shape index (κ3) is 7.60. The van der Waals surface area contributed by atoms with E-state index in [4.69, 9.17) is 42.4 Å². The Morgan fingerprint density at radius 1 is 1.10 bits per heavy atom. The topological polar surface area (TPSA) is 128 Å². The number of aromatic nitrogens is 3. The fourth-order valence-corrected chi connectivity index (χ4v) is 6.72. The van der Waals surface area contributed by atoms with Crippen LogP contribution in [0.4, 0.5) is 5.95 Å². The molecule has 48 heavy (non-hydrogen) atoms. The average Bonchev–Trinajstić information content (AvgIpc) is 3.52. The van der Waals surface area contributed by atoms with Crippen LogP contribution in [0.1, 0.15) is 19.8 Å². The zero-order valence-electron chi connectivity index (χ0n) is 27.2. The molecule has 12 nitrogen and oxygen atoms in total. The molecule has 254 valence electrons. The summed E-state index contributed by atoms with van der Waals surface area (Å²) in [5.41, 5.74) is 0.606. The van der Waals surface area contributed by atoms with E-state index in [-0.39, 0.29) is 50.4 Å². The number of hydrogen-bond acceptors (Lipinski definition) is 10. The van der Waals surface area contributed by atoms with Crippen LogP contribution in [0.25, 0.3) is 22.2 Å². The minimum absolute atomic E-state index is 0.0627. The first kappa shape index (κ1) is 35.2. The Balaban J connectivity index is 1.48. The van der Waals surface area contributed by atoms with Crippen molar-refractivity contribution in [2.75, 3.05) is 65.5 Å². The summed E-state index contributed by atoms with van der Waals surface area (Å²) in [6.07, 6.45) is 3.87. The number of benzene rings is 1. The largest absolute Gasteiger partial charge is 0.495 e. The summed E-state index contributed by atoms with van der Waals surface area (Å²) >= 11 is 13.5. The number of carbonyl (C=O) groups excluding carboxylic acids is 2. The van der Waals surface area contributed by atoms with Gasteiger partial charge in [-0.05, 0) is 38.0 Å². The molecular formula is C34H38Cl2N6O6. The monoisotopic (exact) mass is 696 g/mol. The number of fused-ring (bicyclic) bond motifs is 1. The van der Waals surface area contributed by atoms with Crippen molar-refractivity contribution in [2.24, 2.45) is 5.92 Å². The van der Waals surface area contributed by atoms with Gasteiger partial charge in [0.15, 0.2) is 5.78 Å². The second-order valence-electron chi connectivity index (χ2n) is 11.6. The molecule has 1 aromatic carbocycles. The Hall–Kier alpha value is -4.15. The van der Waals surface area contributed by atoms with Crippen LogP contribution in [0, 0.1) is 17.8 Å². The molecular weight excluding hydrogens is 659 g/mol. The number of ketones is 1. The number of hydrogen-bond donors (Lipinski definition) is 1. The van der Waals surface area contributed by atoms with Crippen LogP contribution in [-0.2, 0) is 20.9 Å². The third-order valence-electron chi connectivity index (χ3n) is 8.62. The molecule has 0 radical (unpaired) electrons. The first-order valence-corrected chi connectivity index (χ1v) is 16.4. The summed E-state index contributed by atoms with van der Waals surface area (Å²) < 4.78 is 18.2. The van der Waals surface area contributed by atoms with E-state index >= 15 is 0 Å². The summed E-state index contributed by atoms with van der Waals surface area (Å²) in [4.78, 5) is 51.9. The van der Waals surface area contributed by atoms with Crippen LogP contribution in [0.3, 0.4) is 0 Å². The number of allylic oxidation sites excluding steroid dienone is 1. The van der Waals surface area contributed by atoms with Crippen LogP contribution in [0.15, 0.2) is 35.8 Å². The number of nitrogens with one attached hydrogen (secondary N) is 1. The summed E-state index contributed by atoms with van der Waals surface area (Å²) in [6, 6.07) is 3.05. The molecule has 2 unspecified atom stereocenters. The van der Waals surface area contributed by atoms with Crippen molar-refractivity contribution in [2.45, 2.75) is 32.4 Å². The van der Waals surface area contributed by atoms with Crippen molar-refractivity contribution in [3.05, 3.63) is 51.4 Å². The van der Waals surface area contributed by atoms with Crippen LogP contribution in [0.2, 0.25) is 10.0 Å². The number of aryl methyl sites for hydroxylation is 1. The van der Waals surface area contributed by atoms with Gasteiger partial charge in [-0.25, -0.2) is 4.98 Å². The van der Waals surface area contributed by atoms with Crippen LogP contribution in [-0.4, -0.2) is 102 Å². The predicted octanol–water partition coefficient (Wildman–Crippen LogP) is 3.91. The zero-order valence-corrected chi connectivity index (χ0v) is 28.7. The van der Waals surface area contributed by atoms with E-state index in [2.05, 4.69) is 33.6 Å². The van der Waals surface area contributed by atoms with Crippen molar-refractivity contribution >= 4 is 51.9 Å². The standard InChI is InChI=1S/C34H38Cl2N6O6/c1-5-8-28(44)41-13-11-40(12-14-41)9-7-10-42-32-21(18-37-34(39-32)38-25-20-48-19-22(25)15-23(43)6-2)16-24(33(42)45)29-30(35)26(46-3)17-27(47-4)31(29)36/h6,16-18,22,25H,2,7,9-15,19-20H2,1,3-4H3,(H,37,38,39). The number of piperazine rings is 1. The molecule has 2 saturated heterocycles. The van der Waals surface area contributed by atoms with E-state index in [1.807, 2.05) is 0 Å². The van der Waals surface area contributed by atoms with Crippen molar-refractivity contribution in [1.82, 2.24) is 24.3 Å². The number of amides is 1. The molecule has 2 atom stereocenters. The molecule has 0 saturated carbocycles. The maximum atomic E-state index is 14.4. The molecule has 2 aliphatic rings. The number of ether oxygens (including phenoxy) is 3. The van der Waals surface area contributed by atoms with Crippen molar-refractivity contribution in [3.8, 4) is 34.5 Å². The highest BCUT2D eigenvalue weighted by molar-refractivity contribution is 6.41. The summed E-state index contributed by atoms with van der Waals surface area (Å²) in [6.45, 7) is 9.66. The van der Waals surface area contributed by atoms with Gasteiger partial charge in [0.05, 0.1) is 49.1 Å². The van der Waals surface area contributed by atoms with Gasteiger partial charge in [0.2, 0.25) is 5.95 Å². The SMILES string of the molecule is C=CC(=O)CC1COCC1Nc1ncc2cc(-c3c(Cl)c(OC)cc(OC)c3Cl)c(=O)n(CCCN3CCN(C(=O)C#CC)CC3)c2n1. The van der Waals surface area contributed by atoms with Gasteiger partial charge in [0, 0.05) is 68.3 Å². The van der Waals surface area contributed by atoms with E-state index in [9.17, 15) is 14.4 Å². The highest BCUT2D eigenvalue weighted by Crippen LogP contribution is 2.45. The highest BCUT2D eigenvalue weighted by atomic mass is 35.5. The Morgan fingerprint density at radius 2 is 1.81 bits per heavy atom. The lowest BCUT2D eigenvalue weighted by Gasteiger charge is -2.33. The van der Waals surface area contributed by atoms with E-state index in [1.165, 1.54) is 20.3 Å². The molecule has 2 aromatic heterocycles. The molecule has 2 fully saturated rings. The Kier molecular flexibility index (Phi) is 11.6. The lowest BCUT2D eigenvalue weighted by Crippen LogP contribution is -2.48. The van der Waals surface area contributed by atoms with Crippen molar-refractivity contribution in [3.63, 3.8) is 0 Å². The average molecular weight is 698 g/mol. The van der Waals surface area contributed by atoms with Gasteiger partial charge in [-0.1, -0.05) is 35.7 Å². The molecule has 0 spiro atoms. The van der Waals surface area contributed by atoms with E-state index in [0.717, 1.165) is 0 Å². The fourth-order valence-electron chi connectivity index (χ4n) is 6.02. The lowest BCUT2D eigenvalue weighted by molar-refractivity contribution is -0.126. The number of nitrogens with zero attached hydrogens (tertiary/aromatic N) is 5. The minimum atomic E-state index is -0.349. The van der Waals surface area contributed by atoms with Gasteiger partial charge in [-0.2, -0.15) is 4.98 Å². The summed E-state index contributed by atoms with van der Waals surface area (Å²) in [7, 11) is 2.94. The third-order valence-corrected chi connectivity index (χ3v) is 9.37. The molecule has 14 heteroatoms.